The van der Waals surface area contributed by atoms with E-state index in [1.165, 1.54) is 5.56 Å². The summed E-state index contributed by atoms with van der Waals surface area (Å²) in [5, 5.41) is 0. The van der Waals surface area contributed by atoms with Gasteiger partial charge >= 0.3 is 6.09 Å². The monoisotopic (exact) mass is 466 g/mol. The summed E-state index contributed by atoms with van der Waals surface area (Å²) in [4.78, 5) is 16.7. The average Bonchev–Trinajstić information content (AvgIpc) is 3.22. The summed E-state index contributed by atoms with van der Waals surface area (Å²) in [5.74, 6) is 2.95. The number of rotatable bonds is 8. The van der Waals surface area contributed by atoms with Gasteiger partial charge in [0.2, 0.25) is 0 Å². The minimum atomic E-state index is -0.162. The molecule has 3 aliphatic rings. The fourth-order valence-corrected chi connectivity index (χ4v) is 5.20. The highest BCUT2D eigenvalue weighted by Gasteiger charge is 2.33. The predicted octanol–water partition coefficient (Wildman–Crippen LogP) is 4.00. The molecule has 0 aromatic heterocycles. The van der Waals surface area contributed by atoms with E-state index in [0.29, 0.717) is 19.1 Å². The lowest BCUT2D eigenvalue weighted by Gasteiger charge is -2.36. The summed E-state index contributed by atoms with van der Waals surface area (Å²) in [7, 11) is 1.66. The molecule has 182 valence electrons. The number of carbonyl (C=O) groups is 1. The largest absolute Gasteiger partial charge is 0.497 e. The van der Waals surface area contributed by atoms with Gasteiger partial charge in [-0.05, 0) is 62.4 Å². The number of methoxy groups -OCH3 is 1. The molecule has 7 nitrogen and oxygen atoms in total. The molecule has 34 heavy (non-hydrogen) atoms. The number of cyclic esters (lactones) is 1. The highest BCUT2D eigenvalue weighted by Crippen LogP contribution is 2.35. The first kappa shape index (κ1) is 22.8. The second kappa shape index (κ2) is 10.6. The van der Waals surface area contributed by atoms with Crippen LogP contribution in [0.3, 0.4) is 0 Å². The van der Waals surface area contributed by atoms with Gasteiger partial charge in [0.1, 0.15) is 25.1 Å². The Morgan fingerprint density at radius 2 is 1.82 bits per heavy atom. The molecule has 2 atom stereocenters. The first-order valence-corrected chi connectivity index (χ1v) is 12.3. The lowest BCUT2D eigenvalue weighted by molar-refractivity contribution is 0.0463. The van der Waals surface area contributed by atoms with Gasteiger partial charge in [-0.1, -0.05) is 30.3 Å². The van der Waals surface area contributed by atoms with Gasteiger partial charge in [-0.25, -0.2) is 4.79 Å². The highest BCUT2D eigenvalue weighted by molar-refractivity contribution is 5.70. The van der Waals surface area contributed by atoms with Gasteiger partial charge in [-0.15, -0.1) is 0 Å². The van der Waals surface area contributed by atoms with Crippen LogP contribution < -0.4 is 14.2 Å². The molecule has 0 bridgehead atoms. The minimum absolute atomic E-state index is 0.0225. The molecule has 2 saturated heterocycles. The van der Waals surface area contributed by atoms with E-state index in [2.05, 4.69) is 17.0 Å². The zero-order valence-corrected chi connectivity index (χ0v) is 19.9. The van der Waals surface area contributed by atoms with Crippen molar-refractivity contribution in [3.63, 3.8) is 0 Å². The Bertz CT molecular complexity index is 961. The summed E-state index contributed by atoms with van der Waals surface area (Å²) in [6.45, 7) is 4.80. The van der Waals surface area contributed by atoms with Gasteiger partial charge in [-0.3, -0.25) is 4.90 Å². The van der Waals surface area contributed by atoms with E-state index >= 15 is 0 Å². The summed E-state index contributed by atoms with van der Waals surface area (Å²) in [6, 6.07) is 16.2. The van der Waals surface area contributed by atoms with Crippen molar-refractivity contribution in [1.29, 1.82) is 0 Å². The van der Waals surface area contributed by atoms with Gasteiger partial charge in [0.05, 0.1) is 13.2 Å². The lowest BCUT2D eigenvalue weighted by atomic mass is 9.93. The number of nitrogens with zero attached hydrogens (tertiary/aromatic N) is 2. The van der Waals surface area contributed by atoms with Crippen LogP contribution in [-0.2, 0) is 11.2 Å². The predicted molar refractivity (Wildman–Crippen MR) is 129 cm³/mol. The molecule has 0 N–H and O–H groups in total. The lowest BCUT2D eigenvalue weighted by Crippen LogP contribution is -2.44. The van der Waals surface area contributed by atoms with Crippen LogP contribution in [0.5, 0.6) is 17.2 Å². The quantitative estimate of drug-likeness (QED) is 0.586. The molecule has 2 unspecified atom stereocenters. The van der Waals surface area contributed by atoms with Crippen LogP contribution in [0.1, 0.15) is 24.8 Å². The molecule has 3 heterocycles. The third kappa shape index (κ3) is 5.41. The Morgan fingerprint density at radius 3 is 2.62 bits per heavy atom. The summed E-state index contributed by atoms with van der Waals surface area (Å²) < 4.78 is 22.8. The molecule has 2 fully saturated rings. The molecule has 0 spiro atoms. The third-order valence-corrected chi connectivity index (χ3v) is 7.21. The minimum Gasteiger partial charge on any atom is -0.497 e. The van der Waals surface area contributed by atoms with Crippen LogP contribution in [0.4, 0.5) is 4.79 Å². The molecule has 0 aliphatic carbocycles. The zero-order valence-electron chi connectivity index (χ0n) is 19.9. The van der Waals surface area contributed by atoms with Crippen molar-refractivity contribution in [2.45, 2.75) is 37.8 Å². The summed E-state index contributed by atoms with van der Waals surface area (Å²) in [5.41, 5.74) is 1.25. The van der Waals surface area contributed by atoms with Crippen LogP contribution in [-0.4, -0.2) is 74.5 Å². The Balaban J connectivity index is 1.06. The molecule has 2 aromatic carbocycles. The average molecular weight is 467 g/mol. The van der Waals surface area contributed by atoms with Gasteiger partial charge in [0.25, 0.3) is 0 Å². The van der Waals surface area contributed by atoms with E-state index in [1.807, 2.05) is 41.3 Å². The van der Waals surface area contributed by atoms with Crippen molar-refractivity contribution in [3.8, 4) is 17.2 Å². The summed E-state index contributed by atoms with van der Waals surface area (Å²) in [6.07, 6.45) is 4.03. The number of carbonyl (C=O) groups excluding carboxylic acids is 1. The highest BCUT2D eigenvalue weighted by atomic mass is 16.6. The second-order valence-electron chi connectivity index (χ2n) is 9.51. The van der Waals surface area contributed by atoms with E-state index in [4.69, 9.17) is 18.9 Å². The molecule has 0 radical (unpaired) electrons. The fraction of sp³-hybridized carbons (Fsp3) is 0.519. The van der Waals surface area contributed by atoms with Crippen molar-refractivity contribution in [1.82, 2.24) is 9.80 Å². The van der Waals surface area contributed by atoms with Crippen molar-refractivity contribution in [3.05, 3.63) is 54.1 Å². The molecule has 5 rings (SSSR count). The Hall–Kier alpha value is -2.93. The van der Waals surface area contributed by atoms with Crippen molar-refractivity contribution >= 4 is 6.09 Å². The maximum absolute atomic E-state index is 12.3. The van der Waals surface area contributed by atoms with Gasteiger partial charge in [0.15, 0.2) is 11.5 Å². The number of hydrogen-bond donors (Lipinski definition) is 0. The van der Waals surface area contributed by atoms with Crippen molar-refractivity contribution < 1.29 is 23.7 Å². The second-order valence-corrected chi connectivity index (χ2v) is 9.51. The number of benzene rings is 2. The van der Waals surface area contributed by atoms with E-state index in [-0.39, 0.29) is 18.2 Å². The van der Waals surface area contributed by atoms with Crippen LogP contribution in [0.25, 0.3) is 0 Å². The first-order chi connectivity index (χ1) is 16.7. The van der Waals surface area contributed by atoms with Crippen LogP contribution >= 0.6 is 0 Å². The van der Waals surface area contributed by atoms with E-state index in [9.17, 15) is 4.79 Å². The Morgan fingerprint density at radius 1 is 1.00 bits per heavy atom. The number of ether oxygens (including phenoxy) is 4. The first-order valence-electron chi connectivity index (χ1n) is 12.3. The normalized spacial score (nSPS) is 23.1. The smallest absolute Gasteiger partial charge is 0.410 e. The maximum atomic E-state index is 12.3. The number of likely N-dealkylation sites (tertiary alicyclic amines) is 1. The number of fused-ring (bicyclic) bond motifs is 1. The fourth-order valence-electron chi connectivity index (χ4n) is 5.20. The number of piperidine rings is 1. The van der Waals surface area contributed by atoms with Gasteiger partial charge in [0, 0.05) is 19.2 Å². The van der Waals surface area contributed by atoms with E-state index < -0.39 is 0 Å². The molecular weight excluding hydrogens is 432 g/mol. The molecular formula is C27H34N2O5. The van der Waals surface area contributed by atoms with Crippen LogP contribution in [0, 0.1) is 5.92 Å². The van der Waals surface area contributed by atoms with Crippen LogP contribution in [0.15, 0.2) is 48.5 Å². The SMILES string of the molecule is COc1ccc2c(c1)OC(CN1CCC(CCN3C(=O)OCC3Cc3ccccc3)CC1)CO2. The molecule has 1 amide bonds. The van der Waals surface area contributed by atoms with Gasteiger partial charge < -0.3 is 23.8 Å². The Kier molecular flexibility index (Phi) is 7.09. The standard InChI is InChI=1S/C27H34N2O5/c1-31-23-7-8-25-26(16-23)34-24(19-32-25)17-28-12-9-20(10-13-28)11-14-29-22(18-33-27(29)30)15-21-5-3-2-4-6-21/h2-8,16,20,22,24H,9-15,17-19H2,1H3. The number of amides is 1. The maximum Gasteiger partial charge on any atom is 0.410 e. The van der Waals surface area contributed by atoms with E-state index in [0.717, 1.165) is 69.1 Å². The van der Waals surface area contributed by atoms with Crippen molar-refractivity contribution in [2.75, 3.05) is 46.5 Å². The molecule has 2 aromatic rings. The van der Waals surface area contributed by atoms with E-state index in [1.54, 1.807) is 7.11 Å². The van der Waals surface area contributed by atoms with Crippen LogP contribution in [0.2, 0.25) is 0 Å². The Labute approximate surface area is 201 Å². The van der Waals surface area contributed by atoms with Gasteiger partial charge in [-0.2, -0.15) is 0 Å². The van der Waals surface area contributed by atoms with Crippen molar-refractivity contribution in [2.24, 2.45) is 5.92 Å². The zero-order chi connectivity index (χ0) is 23.3. The summed E-state index contributed by atoms with van der Waals surface area (Å²) >= 11 is 0. The molecule has 7 heteroatoms. The molecule has 0 saturated carbocycles. The molecule has 3 aliphatic heterocycles. The third-order valence-electron chi connectivity index (χ3n) is 7.21. The topological polar surface area (TPSA) is 60.5 Å². The number of hydrogen-bond acceptors (Lipinski definition) is 6.